The van der Waals surface area contributed by atoms with Gasteiger partial charge in [-0.1, -0.05) is 19.8 Å². The summed E-state index contributed by atoms with van der Waals surface area (Å²) >= 11 is 0. The fourth-order valence-electron chi connectivity index (χ4n) is 4.84. The Labute approximate surface area is 218 Å². The smallest absolute Gasteiger partial charge is 0.328 e. The lowest BCUT2D eigenvalue weighted by atomic mass is 9.92. The van der Waals surface area contributed by atoms with Crippen molar-refractivity contribution in [3.63, 3.8) is 0 Å². The molecule has 0 bridgehead atoms. The number of benzene rings is 1. The van der Waals surface area contributed by atoms with Gasteiger partial charge in [0.2, 0.25) is 5.95 Å². The Bertz CT molecular complexity index is 1040. The summed E-state index contributed by atoms with van der Waals surface area (Å²) in [6.45, 7) is 4.86. The summed E-state index contributed by atoms with van der Waals surface area (Å²) in [5.41, 5.74) is 1.09. The minimum absolute atomic E-state index is 0.117. The van der Waals surface area contributed by atoms with Crippen molar-refractivity contribution < 1.29 is 23.5 Å². The fraction of sp³-hybridized carbons (Fsp3) is 0.571. The molecule has 37 heavy (non-hydrogen) atoms. The monoisotopic (exact) mass is 512 g/mol. The second kappa shape index (κ2) is 13.4. The first-order valence-corrected chi connectivity index (χ1v) is 13.5. The Morgan fingerprint density at radius 2 is 1.95 bits per heavy atom. The lowest BCUT2D eigenvalue weighted by Gasteiger charge is -2.32. The van der Waals surface area contributed by atoms with Crippen LogP contribution in [0.5, 0.6) is 5.75 Å². The first kappa shape index (κ1) is 26.8. The van der Waals surface area contributed by atoms with Crippen molar-refractivity contribution in [1.82, 2.24) is 15.3 Å². The second-order valence-corrected chi connectivity index (χ2v) is 9.89. The van der Waals surface area contributed by atoms with Gasteiger partial charge in [0.05, 0.1) is 18.8 Å². The maximum atomic E-state index is 14.5. The molecule has 0 radical (unpaired) electrons. The molecule has 8 nitrogen and oxygen atoms in total. The molecular weight excluding hydrogens is 475 g/mol. The Balaban J connectivity index is 1.14. The number of esters is 1. The standard InChI is InChI=1S/C28H37FN4O4/c1-2-3-4-6-21-18-30-28(31-19-21)33-13-10-20(11-14-33)7-5-15-36-22-8-9-23(24(29)17-22)26(34)32-25-12-16-37-27(25)35/h8-9,17-20,25H,2-7,10-16H2,1H3,(H,32,34). The lowest BCUT2D eigenvalue weighted by Crippen LogP contribution is -2.38. The van der Waals surface area contributed by atoms with Gasteiger partial charge in [-0.05, 0) is 62.1 Å². The van der Waals surface area contributed by atoms with Crippen molar-refractivity contribution in [3.8, 4) is 5.75 Å². The van der Waals surface area contributed by atoms with Crippen molar-refractivity contribution in [2.75, 3.05) is 31.2 Å². The molecule has 3 heterocycles. The van der Waals surface area contributed by atoms with Crippen molar-refractivity contribution in [3.05, 3.63) is 47.5 Å². The van der Waals surface area contributed by atoms with Crippen LogP contribution in [-0.2, 0) is 16.0 Å². The molecule has 200 valence electrons. The zero-order chi connectivity index (χ0) is 26.0. The van der Waals surface area contributed by atoms with Gasteiger partial charge >= 0.3 is 5.97 Å². The van der Waals surface area contributed by atoms with Crippen LogP contribution in [0.15, 0.2) is 30.6 Å². The van der Waals surface area contributed by atoms with Crippen molar-refractivity contribution >= 4 is 17.8 Å². The molecule has 1 N–H and O–H groups in total. The van der Waals surface area contributed by atoms with E-state index in [1.165, 1.54) is 37.0 Å². The van der Waals surface area contributed by atoms with Crippen LogP contribution in [0.4, 0.5) is 10.3 Å². The molecule has 4 rings (SSSR count). The molecule has 2 saturated heterocycles. The molecule has 2 aromatic rings. The number of hydrogen-bond donors (Lipinski definition) is 1. The molecule has 0 saturated carbocycles. The first-order chi connectivity index (χ1) is 18.0. The molecule has 9 heteroatoms. The van der Waals surface area contributed by atoms with Crippen LogP contribution in [0.25, 0.3) is 0 Å². The van der Waals surface area contributed by atoms with Gasteiger partial charge < -0.3 is 19.7 Å². The number of nitrogens with one attached hydrogen (secondary N) is 1. The normalized spacial score (nSPS) is 18.1. The van der Waals surface area contributed by atoms with Crippen LogP contribution >= 0.6 is 0 Å². The van der Waals surface area contributed by atoms with E-state index in [0.29, 0.717) is 24.7 Å². The van der Waals surface area contributed by atoms with E-state index in [4.69, 9.17) is 9.47 Å². The topological polar surface area (TPSA) is 93.7 Å². The van der Waals surface area contributed by atoms with Crippen LogP contribution in [0.1, 0.15) is 74.2 Å². The van der Waals surface area contributed by atoms with Gasteiger partial charge in [-0.2, -0.15) is 0 Å². The molecular formula is C28H37FN4O4. The van der Waals surface area contributed by atoms with Gasteiger partial charge in [0.1, 0.15) is 17.6 Å². The molecule has 2 aliphatic rings. The van der Waals surface area contributed by atoms with Crippen molar-refractivity contribution in [2.24, 2.45) is 5.92 Å². The molecule has 1 unspecified atom stereocenters. The molecule has 0 aliphatic carbocycles. The molecule has 1 aromatic heterocycles. The summed E-state index contributed by atoms with van der Waals surface area (Å²) in [5, 5.41) is 2.51. The number of rotatable bonds is 12. The summed E-state index contributed by atoms with van der Waals surface area (Å²) in [6.07, 6.45) is 13.1. The van der Waals surface area contributed by atoms with E-state index in [2.05, 4.69) is 27.1 Å². The number of piperidine rings is 1. The minimum Gasteiger partial charge on any atom is -0.493 e. The first-order valence-electron chi connectivity index (χ1n) is 13.5. The number of halogens is 1. The molecule has 1 amide bonds. The number of cyclic esters (lactones) is 1. The SMILES string of the molecule is CCCCCc1cnc(N2CCC(CCCOc3ccc(C(=O)NC4CCOC4=O)c(F)c3)CC2)nc1. The lowest BCUT2D eigenvalue weighted by molar-refractivity contribution is -0.139. The molecule has 1 atom stereocenters. The van der Waals surface area contributed by atoms with Crippen molar-refractivity contribution in [1.29, 1.82) is 0 Å². The number of nitrogens with zero attached hydrogens (tertiary/aromatic N) is 3. The number of aryl methyl sites for hydroxylation is 1. The van der Waals surface area contributed by atoms with E-state index in [1.54, 1.807) is 6.07 Å². The highest BCUT2D eigenvalue weighted by molar-refractivity contribution is 5.97. The number of anilines is 1. The summed E-state index contributed by atoms with van der Waals surface area (Å²) in [7, 11) is 0. The zero-order valence-electron chi connectivity index (χ0n) is 21.6. The highest BCUT2D eigenvalue weighted by atomic mass is 19.1. The number of aromatic nitrogens is 2. The van der Waals surface area contributed by atoms with Gasteiger partial charge in [-0.25, -0.2) is 19.2 Å². The predicted molar refractivity (Wildman–Crippen MR) is 138 cm³/mol. The zero-order valence-corrected chi connectivity index (χ0v) is 21.6. The highest BCUT2D eigenvalue weighted by Gasteiger charge is 2.29. The largest absolute Gasteiger partial charge is 0.493 e. The third kappa shape index (κ3) is 7.63. The summed E-state index contributed by atoms with van der Waals surface area (Å²) in [4.78, 5) is 35.2. The van der Waals surface area contributed by atoms with Crippen LogP contribution in [0.3, 0.4) is 0 Å². The van der Waals surface area contributed by atoms with Crippen LogP contribution in [0.2, 0.25) is 0 Å². The van der Waals surface area contributed by atoms with E-state index in [9.17, 15) is 14.0 Å². The number of carbonyl (C=O) groups excluding carboxylic acids is 2. The fourth-order valence-corrected chi connectivity index (χ4v) is 4.84. The summed E-state index contributed by atoms with van der Waals surface area (Å²) in [6, 6.07) is 3.46. The molecule has 2 aliphatic heterocycles. The Hall–Kier alpha value is -3.23. The van der Waals surface area contributed by atoms with Crippen LogP contribution < -0.4 is 15.0 Å². The third-order valence-electron chi connectivity index (χ3n) is 7.11. The van der Waals surface area contributed by atoms with E-state index < -0.39 is 23.7 Å². The third-order valence-corrected chi connectivity index (χ3v) is 7.11. The van der Waals surface area contributed by atoms with Gasteiger partial charge in [-0.3, -0.25) is 4.79 Å². The van der Waals surface area contributed by atoms with Gasteiger partial charge in [0.25, 0.3) is 5.91 Å². The average molecular weight is 513 g/mol. The second-order valence-electron chi connectivity index (χ2n) is 9.89. The molecule has 0 spiro atoms. The number of amides is 1. The Morgan fingerprint density at radius 1 is 1.16 bits per heavy atom. The van der Waals surface area contributed by atoms with Crippen molar-refractivity contribution in [2.45, 2.75) is 70.8 Å². The minimum atomic E-state index is -0.719. The Morgan fingerprint density at radius 3 is 2.62 bits per heavy atom. The van der Waals surface area contributed by atoms with Crippen LogP contribution in [-0.4, -0.2) is 54.2 Å². The van der Waals surface area contributed by atoms with E-state index in [0.717, 1.165) is 51.1 Å². The van der Waals surface area contributed by atoms with E-state index in [-0.39, 0.29) is 12.2 Å². The maximum Gasteiger partial charge on any atom is 0.328 e. The van der Waals surface area contributed by atoms with Crippen LogP contribution in [0, 0.1) is 11.7 Å². The number of unbranched alkanes of at least 4 members (excludes halogenated alkanes) is 2. The summed E-state index contributed by atoms with van der Waals surface area (Å²) < 4.78 is 25.0. The van der Waals surface area contributed by atoms with Gasteiger partial charge in [0.15, 0.2) is 0 Å². The molecule has 2 fully saturated rings. The number of hydrogen-bond acceptors (Lipinski definition) is 7. The maximum absolute atomic E-state index is 14.5. The van der Waals surface area contributed by atoms with Gasteiger partial charge in [-0.15, -0.1) is 0 Å². The van der Waals surface area contributed by atoms with E-state index >= 15 is 0 Å². The average Bonchev–Trinajstić information content (AvgIpc) is 3.31. The quantitative estimate of drug-likeness (QED) is 0.331. The Kier molecular flexibility index (Phi) is 9.68. The van der Waals surface area contributed by atoms with E-state index in [1.807, 2.05) is 12.4 Å². The van der Waals surface area contributed by atoms with Gasteiger partial charge in [0, 0.05) is 38.0 Å². The predicted octanol–water partition coefficient (Wildman–Crippen LogP) is 4.47. The highest BCUT2D eigenvalue weighted by Crippen LogP contribution is 2.25. The summed E-state index contributed by atoms with van der Waals surface area (Å²) in [5.74, 6) is 0.0399. The molecule has 1 aromatic carbocycles. The number of ether oxygens (including phenoxy) is 2. The number of carbonyl (C=O) groups is 2.